The third kappa shape index (κ3) is 4.71. The Labute approximate surface area is 170 Å². The molecule has 0 aromatic heterocycles. The molecule has 162 valence electrons. The van der Waals surface area contributed by atoms with E-state index >= 15 is 0 Å². The van der Waals surface area contributed by atoms with E-state index in [4.69, 9.17) is 0 Å². The zero-order valence-corrected chi connectivity index (χ0v) is 17.4. The van der Waals surface area contributed by atoms with E-state index in [1.165, 1.54) is 11.8 Å². The molecule has 3 aliphatic rings. The first-order valence-corrected chi connectivity index (χ1v) is 11.9. The van der Waals surface area contributed by atoms with Crippen LogP contribution in [0.5, 0.6) is 0 Å². The summed E-state index contributed by atoms with van der Waals surface area (Å²) in [6.45, 7) is 1.73. The highest BCUT2D eigenvalue weighted by atomic mass is 32.2. The molecule has 29 heavy (non-hydrogen) atoms. The molecule has 0 aromatic rings. The van der Waals surface area contributed by atoms with E-state index < -0.39 is 33.4 Å². The lowest BCUT2D eigenvalue weighted by atomic mass is 9.82. The maximum Gasteiger partial charge on any atom is 0.325 e. The Bertz CT molecular complexity index is 791. The van der Waals surface area contributed by atoms with Crippen LogP contribution in [0, 0.1) is 0 Å². The predicted molar refractivity (Wildman–Crippen MR) is 104 cm³/mol. The zero-order chi connectivity index (χ0) is 21.2. The van der Waals surface area contributed by atoms with Gasteiger partial charge >= 0.3 is 6.03 Å². The van der Waals surface area contributed by atoms with Crippen LogP contribution in [-0.4, -0.2) is 84.7 Å². The number of imide groups is 1. The number of hydrogen-bond donors (Lipinski definition) is 2. The molecule has 3 rings (SSSR count). The van der Waals surface area contributed by atoms with E-state index in [0.29, 0.717) is 12.8 Å². The van der Waals surface area contributed by atoms with Gasteiger partial charge in [-0.05, 0) is 19.8 Å². The summed E-state index contributed by atoms with van der Waals surface area (Å²) in [6.07, 6.45) is 3.97. The second-order valence-corrected chi connectivity index (χ2v) is 10.3. The Balaban J connectivity index is 1.47. The quantitative estimate of drug-likeness (QED) is 0.562. The number of hydrogen-bond acceptors (Lipinski definition) is 6. The number of carbonyl (C=O) groups excluding carboxylic acids is 4. The highest BCUT2D eigenvalue weighted by Gasteiger charge is 2.51. The number of urea groups is 1. The summed E-state index contributed by atoms with van der Waals surface area (Å²) in [5, 5.41) is 5.37. The Morgan fingerprint density at radius 2 is 1.76 bits per heavy atom. The first-order valence-electron chi connectivity index (χ1n) is 10.1. The van der Waals surface area contributed by atoms with Crippen LogP contribution in [0.25, 0.3) is 0 Å². The molecule has 5 amide bonds. The van der Waals surface area contributed by atoms with Crippen molar-refractivity contribution < 1.29 is 27.6 Å². The highest BCUT2D eigenvalue weighted by Crippen LogP contribution is 2.33. The van der Waals surface area contributed by atoms with Crippen molar-refractivity contribution in [3.05, 3.63) is 0 Å². The number of nitrogens with one attached hydrogen (secondary N) is 2. The average molecular weight is 429 g/mol. The molecule has 10 nitrogen and oxygen atoms in total. The normalized spacial score (nSPS) is 24.3. The lowest BCUT2D eigenvalue weighted by molar-refractivity contribution is -0.136. The number of carbonyl (C=O) groups is 4. The van der Waals surface area contributed by atoms with Gasteiger partial charge in [-0.25, -0.2) is 13.2 Å². The topological polar surface area (TPSA) is 133 Å². The van der Waals surface area contributed by atoms with Crippen molar-refractivity contribution in [3.8, 4) is 0 Å². The minimum atomic E-state index is -3.09. The molecule has 3 fully saturated rings. The number of sulfone groups is 1. The summed E-state index contributed by atoms with van der Waals surface area (Å²) >= 11 is 0. The van der Waals surface area contributed by atoms with Gasteiger partial charge in [-0.3, -0.25) is 19.3 Å². The van der Waals surface area contributed by atoms with Crippen molar-refractivity contribution in [2.45, 2.75) is 57.0 Å². The van der Waals surface area contributed by atoms with E-state index in [1.807, 2.05) is 0 Å². The third-order valence-corrected chi connectivity index (χ3v) is 7.53. The van der Waals surface area contributed by atoms with Gasteiger partial charge in [0, 0.05) is 26.1 Å². The summed E-state index contributed by atoms with van der Waals surface area (Å²) in [7, 11) is -3.09. The van der Waals surface area contributed by atoms with Gasteiger partial charge in [0.2, 0.25) is 11.8 Å². The standard InChI is InChI=1S/C18H28N4O6S/c1-13(15(24)21-9-11-29(27,28)12-10-21)19-14(23)5-8-22-16(25)18(20-17(22)26)6-3-2-4-7-18/h13H,2-12H2,1H3,(H,19,23)(H,20,26). The van der Waals surface area contributed by atoms with E-state index in [0.717, 1.165) is 24.2 Å². The van der Waals surface area contributed by atoms with Crippen LogP contribution in [0.2, 0.25) is 0 Å². The Morgan fingerprint density at radius 3 is 2.38 bits per heavy atom. The van der Waals surface area contributed by atoms with Crippen LogP contribution in [0.3, 0.4) is 0 Å². The molecule has 11 heteroatoms. The highest BCUT2D eigenvalue weighted by molar-refractivity contribution is 7.91. The van der Waals surface area contributed by atoms with Crippen molar-refractivity contribution in [2.24, 2.45) is 0 Å². The number of amides is 5. The average Bonchev–Trinajstić information content (AvgIpc) is 2.89. The SMILES string of the molecule is CC(NC(=O)CCN1C(=O)NC2(CCCCC2)C1=O)C(=O)N1CCS(=O)(=O)CC1. The Morgan fingerprint density at radius 1 is 1.14 bits per heavy atom. The first kappa shape index (κ1) is 21.5. The molecule has 1 atom stereocenters. The Hall–Kier alpha value is -2.17. The largest absolute Gasteiger partial charge is 0.345 e. The zero-order valence-electron chi connectivity index (χ0n) is 16.6. The fourth-order valence-corrected chi connectivity index (χ4v) is 5.37. The molecule has 1 spiro atoms. The Kier molecular flexibility index (Phi) is 6.16. The van der Waals surface area contributed by atoms with Crippen molar-refractivity contribution in [1.82, 2.24) is 20.4 Å². The van der Waals surface area contributed by atoms with Gasteiger partial charge in [0.15, 0.2) is 9.84 Å². The van der Waals surface area contributed by atoms with Crippen LogP contribution < -0.4 is 10.6 Å². The van der Waals surface area contributed by atoms with Gasteiger partial charge in [0.25, 0.3) is 5.91 Å². The van der Waals surface area contributed by atoms with E-state index in [9.17, 15) is 27.6 Å². The molecule has 1 unspecified atom stereocenters. The molecular formula is C18H28N4O6S. The molecule has 2 aliphatic heterocycles. The van der Waals surface area contributed by atoms with E-state index in [2.05, 4.69) is 10.6 Å². The summed E-state index contributed by atoms with van der Waals surface area (Å²) in [6, 6.07) is -1.28. The van der Waals surface area contributed by atoms with Crippen LogP contribution >= 0.6 is 0 Å². The lowest BCUT2D eigenvalue weighted by Gasteiger charge is -2.30. The van der Waals surface area contributed by atoms with Crippen molar-refractivity contribution in [2.75, 3.05) is 31.1 Å². The molecule has 2 N–H and O–H groups in total. The van der Waals surface area contributed by atoms with Gasteiger partial charge in [0.1, 0.15) is 11.6 Å². The minimum Gasteiger partial charge on any atom is -0.345 e. The first-order chi connectivity index (χ1) is 13.6. The van der Waals surface area contributed by atoms with E-state index in [1.54, 1.807) is 0 Å². The van der Waals surface area contributed by atoms with Gasteiger partial charge in [-0.2, -0.15) is 0 Å². The predicted octanol–water partition coefficient (Wildman–Crippen LogP) is -0.607. The number of nitrogens with zero attached hydrogens (tertiary/aromatic N) is 2. The monoisotopic (exact) mass is 428 g/mol. The van der Waals surface area contributed by atoms with Crippen LogP contribution in [0.1, 0.15) is 45.4 Å². The summed E-state index contributed by atoms with van der Waals surface area (Å²) in [5.41, 5.74) is -0.816. The fourth-order valence-electron chi connectivity index (χ4n) is 4.17. The van der Waals surface area contributed by atoms with Crippen LogP contribution in [-0.2, 0) is 24.2 Å². The summed E-state index contributed by atoms with van der Waals surface area (Å²) < 4.78 is 22.9. The lowest BCUT2D eigenvalue weighted by Crippen LogP contribution is -2.52. The smallest absolute Gasteiger partial charge is 0.325 e. The van der Waals surface area contributed by atoms with Crippen molar-refractivity contribution in [1.29, 1.82) is 0 Å². The molecule has 2 heterocycles. The molecule has 1 aliphatic carbocycles. The molecule has 2 saturated heterocycles. The van der Waals surface area contributed by atoms with Crippen molar-refractivity contribution >= 4 is 33.6 Å². The molecule has 0 bridgehead atoms. The summed E-state index contributed by atoms with van der Waals surface area (Å²) in [4.78, 5) is 52.1. The van der Waals surface area contributed by atoms with Gasteiger partial charge in [0.05, 0.1) is 11.5 Å². The maximum atomic E-state index is 12.7. The van der Waals surface area contributed by atoms with Gasteiger partial charge in [-0.1, -0.05) is 19.3 Å². The fraction of sp³-hybridized carbons (Fsp3) is 0.778. The van der Waals surface area contributed by atoms with Gasteiger partial charge < -0.3 is 15.5 Å². The van der Waals surface area contributed by atoms with E-state index in [-0.39, 0.29) is 49.4 Å². The minimum absolute atomic E-state index is 0.0406. The second kappa shape index (κ2) is 8.29. The molecule has 0 radical (unpaired) electrons. The van der Waals surface area contributed by atoms with Crippen LogP contribution in [0.15, 0.2) is 0 Å². The van der Waals surface area contributed by atoms with Gasteiger partial charge in [-0.15, -0.1) is 0 Å². The summed E-state index contributed by atoms with van der Waals surface area (Å²) in [5.74, 6) is -1.21. The maximum absolute atomic E-state index is 12.7. The third-order valence-electron chi connectivity index (χ3n) is 5.92. The van der Waals surface area contributed by atoms with Crippen molar-refractivity contribution in [3.63, 3.8) is 0 Å². The second-order valence-electron chi connectivity index (χ2n) is 8.05. The van der Waals surface area contributed by atoms with Crippen LogP contribution in [0.4, 0.5) is 4.79 Å². The molecule has 0 aromatic carbocycles. The molecular weight excluding hydrogens is 400 g/mol. The molecule has 1 saturated carbocycles. The number of rotatable bonds is 5.